The van der Waals surface area contributed by atoms with Gasteiger partial charge in [0.1, 0.15) is 5.69 Å². The van der Waals surface area contributed by atoms with Gasteiger partial charge in [0.05, 0.1) is 6.42 Å². The molecule has 0 spiro atoms. The predicted molar refractivity (Wildman–Crippen MR) is 141 cm³/mol. The zero-order chi connectivity index (χ0) is 23.9. The van der Waals surface area contributed by atoms with Gasteiger partial charge < -0.3 is 15.1 Å². The monoisotopic (exact) mass is 494 g/mol. The van der Waals surface area contributed by atoms with Crippen LogP contribution in [0.4, 0.5) is 10.9 Å². The molecule has 1 N–H and O–H groups in total. The Hall–Kier alpha value is -2.91. The summed E-state index contributed by atoms with van der Waals surface area (Å²) in [5.74, 6) is 1.12. The molecule has 3 aromatic heterocycles. The lowest BCUT2D eigenvalue weighted by Crippen LogP contribution is -2.49. The average Bonchev–Trinajstić information content (AvgIpc) is 3.51. The summed E-state index contributed by atoms with van der Waals surface area (Å²) in [7, 11) is 0. The summed E-state index contributed by atoms with van der Waals surface area (Å²) in [5.41, 5.74) is 3.08. The molecule has 4 heterocycles. The van der Waals surface area contributed by atoms with E-state index in [1.807, 2.05) is 26.9 Å². The number of rotatable bonds is 5. The van der Waals surface area contributed by atoms with Crippen LogP contribution in [0.15, 0.2) is 41.8 Å². The van der Waals surface area contributed by atoms with Crippen molar-refractivity contribution in [2.75, 3.05) is 36.4 Å². The van der Waals surface area contributed by atoms with E-state index >= 15 is 0 Å². The Labute approximate surface area is 208 Å². The number of thiophene rings is 1. The van der Waals surface area contributed by atoms with Crippen molar-refractivity contribution in [2.45, 2.75) is 39.7 Å². The van der Waals surface area contributed by atoms with E-state index in [1.54, 1.807) is 22.7 Å². The van der Waals surface area contributed by atoms with Crippen molar-refractivity contribution in [3.05, 3.63) is 52.2 Å². The Morgan fingerprint density at radius 1 is 1.12 bits per heavy atom. The van der Waals surface area contributed by atoms with Crippen molar-refractivity contribution in [3.63, 3.8) is 0 Å². The van der Waals surface area contributed by atoms with E-state index in [0.29, 0.717) is 19.5 Å². The van der Waals surface area contributed by atoms with E-state index in [9.17, 15) is 4.79 Å². The summed E-state index contributed by atoms with van der Waals surface area (Å²) in [6.45, 7) is 11.5. The van der Waals surface area contributed by atoms with Crippen molar-refractivity contribution in [1.29, 1.82) is 0 Å². The number of benzene rings is 1. The molecule has 5 rings (SSSR count). The largest absolute Gasteiger partial charge is 0.364 e. The van der Waals surface area contributed by atoms with Gasteiger partial charge in [0, 0.05) is 42.2 Å². The number of amides is 1. The fourth-order valence-corrected chi connectivity index (χ4v) is 5.80. The average molecular weight is 495 g/mol. The third-order valence-electron chi connectivity index (χ3n) is 5.79. The number of imidazole rings is 1. The molecule has 34 heavy (non-hydrogen) atoms. The zero-order valence-corrected chi connectivity index (χ0v) is 21.7. The van der Waals surface area contributed by atoms with Crippen LogP contribution in [0.25, 0.3) is 16.2 Å². The molecule has 7 nitrogen and oxygen atoms in total. The SMILES string of the molecule is Cc1cccc(-c2nc3sc(N4CCN(C(=O)Cc5cccs5)CC4)nn3c2NC(C)(C)C)c1. The number of piperazine rings is 1. The van der Waals surface area contributed by atoms with Gasteiger partial charge in [-0.3, -0.25) is 4.79 Å². The molecule has 4 aromatic rings. The van der Waals surface area contributed by atoms with E-state index in [1.165, 1.54) is 5.56 Å². The maximum absolute atomic E-state index is 12.7. The molecule has 0 unspecified atom stereocenters. The number of nitrogens with one attached hydrogen (secondary N) is 1. The summed E-state index contributed by atoms with van der Waals surface area (Å²) in [4.78, 5) is 23.9. The van der Waals surface area contributed by atoms with Gasteiger partial charge >= 0.3 is 0 Å². The van der Waals surface area contributed by atoms with Gasteiger partial charge in [-0.1, -0.05) is 41.2 Å². The number of carbonyl (C=O) groups excluding carboxylic acids is 1. The van der Waals surface area contributed by atoms with Gasteiger partial charge in [-0.25, -0.2) is 4.98 Å². The van der Waals surface area contributed by atoms with Crippen molar-refractivity contribution in [1.82, 2.24) is 19.5 Å². The number of carbonyl (C=O) groups is 1. The summed E-state index contributed by atoms with van der Waals surface area (Å²) in [6, 6.07) is 12.4. The lowest BCUT2D eigenvalue weighted by Gasteiger charge is -2.34. The number of hydrogen-bond acceptors (Lipinski definition) is 7. The number of hydrogen-bond donors (Lipinski definition) is 1. The highest BCUT2D eigenvalue weighted by atomic mass is 32.1. The Balaban J connectivity index is 1.36. The number of anilines is 2. The minimum absolute atomic E-state index is 0.132. The summed E-state index contributed by atoms with van der Waals surface area (Å²) >= 11 is 3.24. The van der Waals surface area contributed by atoms with Gasteiger partial charge in [0.15, 0.2) is 5.82 Å². The standard InChI is InChI=1S/C25H30N6OS2/c1-17-7-5-8-18(15-17)21-22(27-25(2,3)4)31-23(26-21)34-24(28-31)30-12-10-29(11-13-30)20(32)16-19-9-6-14-33-19/h5-9,14-15,27H,10-13,16H2,1-4H3. The number of fused-ring (bicyclic) bond motifs is 1. The van der Waals surface area contributed by atoms with E-state index in [0.717, 1.165) is 45.1 Å². The summed E-state index contributed by atoms with van der Waals surface area (Å²) in [5, 5.41) is 11.5. The van der Waals surface area contributed by atoms with Crippen LogP contribution >= 0.6 is 22.7 Å². The molecule has 1 aliphatic heterocycles. The molecule has 0 bridgehead atoms. The fraction of sp³-hybridized carbons (Fsp3) is 0.400. The van der Waals surface area contributed by atoms with E-state index in [4.69, 9.17) is 10.1 Å². The highest BCUT2D eigenvalue weighted by Crippen LogP contribution is 2.35. The second-order valence-corrected chi connectivity index (χ2v) is 11.7. The summed E-state index contributed by atoms with van der Waals surface area (Å²) in [6.07, 6.45) is 0.492. The molecule has 0 aliphatic carbocycles. The second kappa shape index (κ2) is 9.03. The Bertz CT molecular complexity index is 1290. The minimum atomic E-state index is -0.132. The molecule has 1 aliphatic rings. The third kappa shape index (κ3) is 4.81. The molecule has 178 valence electrons. The Morgan fingerprint density at radius 3 is 2.59 bits per heavy atom. The molecule has 1 amide bonds. The van der Waals surface area contributed by atoms with Gasteiger partial charge in [-0.15, -0.1) is 16.4 Å². The molecule has 0 radical (unpaired) electrons. The molecule has 0 atom stereocenters. The van der Waals surface area contributed by atoms with Crippen LogP contribution in [-0.2, 0) is 11.2 Å². The van der Waals surface area contributed by atoms with Crippen LogP contribution in [0.5, 0.6) is 0 Å². The first-order valence-electron chi connectivity index (χ1n) is 11.6. The maximum Gasteiger partial charge on any atom is 0.227 e. The first-order valence-corrected chi connectivity index (χ1v) is 13.3. The van der Waals surface area contributed by atoms with Crippen LogP contribution in [0.2, 0.25) is 0 Å². The van der Waals surface area contributed by atoms with E-state index in [2.05, 4.69) is 62.2 Å². The molecular formula is C25H30N6OS2. The predicted octanol–water partition coefficient (Wildman–Crippen LogP) is 4.93. The van der Waals surface area contributed by atoms with Crippen LogP contribution in [0, 0.1) is 6.92 Å². The molecule has 0 saturated carbocycles. The van der Waals surface area contributed by atoms with Crippen molar-refractivity contribution < 1.29 is 4.79 Å². The van der Waals surface area contributed by atoms with Crippen LogP contribution < -0.4 is 10.2 Å². The van der Waals surface area contributed by atoms with Crippen molar-refractivity contribution in [2.24, 2.45) is 0 Å². The molecule has 9 heteroatoms. The number of aromatic nitrogens is 3. The van der Waals surface area contributed by atoms with Crippen LogP contribution in [-0.4, -0.2) is 57.1 Å². The lowest BCUT2D eigenvalue weighted by molar-refractivity contribution is -0.130. The lowest BCUT2D eigenvalue weighted by atomic mass is 10.1. The van der Waals surface area contributed by atoms with Gasteiger partial charge in [0.2, 0.25) is 16.0 Å². The Morgan fingerprint density at radius 2 is 1.91 bits per heavy atom. The minimum Gasteiger partial charge on any atom is -0.364 e. The van der Waals surface area contributed by atoms with Gasteiger partial charge in [-0.05, 0) is 45.2 Å². The molecule has 1 fully saturated rings. The normalized spacial score (nSPS) is 14.7. The van der Waals surface area contributed by atoms with Crippen molar-refractivity contribution >= 4 is 44.5 Å². The third-order valence-corrected chi connectivity index (χ3v) is 7.63. The second-order valence-electron chi connectivity index (χ2n) is 9.76. The van der Waals surface area contributed by atoms with Gasteiger partial charge in [-0.2, -0.15) is 4.52 Å². The highest BCUT2D eigenvalue weighted by molar-refractivity contribution is 7.20. The first-order chi connectivity index (χ1) is 16.3. The smallest absolute Gasteiger partial charge is 0.227 e. The quantitative estimate of drug-likeness (QED) is 0.426. The van der Waals surface area contributed by atoms with Crippen molar-refractivity contribution in [3.8, 4) is 11.3 Å². The Kier molecular flexibility index (Phi) is 6.07. The number of aryl methyl sites for hydroxylation is 1. The molecule has 1 aromatic carbocycles. The topological polar surface area (TPSA) is 65.8 Å². The highest BCUT2D eigenvalue weighted by Gasteiger charge is 2.26. The van der Waals surface area contributed by atoms with E-state index < -0.39 is 0 Å². The van der Waals surface area contributed by atoms with Crippen LogP contribution in [0.1, 0.15) is 31.2 Å². The van der Waals surface area contributed by atoms with Crippen LogP contribution in [0.3, 0.4) is 0 Å². The first kappa shape index (κ1) is 22.9. The van der Waals surface area contributed by atoms with E-state index in [-0.39, 0.29) is 11.4 Å². The maximum atomic E-state index is 12.7. The molecule has 1 saturated heterocycles. The summed E-state index contributed by atoms with van der Waals surface area (Å²) < 4.78 is 1.94. The number of nitrogens with zero attached hydrogens (tertiary/aromatic N) is 5. The van der Waals surface area contributed by atoms with Gasteiger partial charge in [0.25, 0.3) is 0 Å². The fourth-order valence-electron chi connectivity index (χ4n) is 4.15. The zero-order valence-electron chi connectivity index (χ0n) is 20.0. The molecular weight excluding hydrogens is 464 g/mol.